The zero-order valence-corrected chi connectivity index (χ0v) is 31.6. The van der Waals surface area contributed by atoms with E-state index in [0.717, 1.165) is 70.7 Å². The molecule has 50 heavy (non-hydrogen) atoms. The molecule has 5 rings (SSSR count). The molecule has 0 amide bonds. The fourth-order valence-electron chi connectivity index (χ4n) is 5.25. The number of aliphatic imine (C=N–C) groups is 2. The molecule has 4 aromatic rings. The highest BCUT2D eigenvalue weighted by Gasteiger charge is 2.10. The highest BCUT2D eigenvalue weighted by molar-refractivity contribution is 9.10. The predicted octanol–water partition coefficient (Wildman–Crippen LogP) is 8.10. The van der Waals surface area contributed by atoms with Crippen LogP contribution in [-0.2, 0) is 32.0 Å². The standard InChI is InChI=1S/C40H46Br2N4O4/c41-37-9-13-39(14-10-37)43-29-33-1-5-35(6-2-33)31-45-17-21-47-25-27-49-23-19-46(20-24-50-28-26-48-22-18-45)32-36-7-3-34(4-8-36)30-44-40-15-11-38(42)12-16-40/h1-16,29-30H,17-28,31-32H2. The zero-order chi connectivity index (χ0) is 34.6. The van der Waals surface area contributed by atoms with Crippen molar-refractivity contribution in [1.29, 1.82) is 0 Å². The van der Waals surface area contributed by atoms with Gasteiger partial charge in [0.05, 0.1) is 64.2 Å². The second kappa shape index (κ2) is 22.0. The zero-order valence-electron chi connectivity index (χ0n) is 28.5. The van der Waals surface area contributed by atoms with Crippen LogP contribution in [0.3, 0.4) is 0 Å². The molecule has 1 fully saturated rings. The Bertz CT molecular complexity index is 1440. The molecule has 0 radical (unpaired) electrons. The molecule has 8 nitrogen and oxygen atoms in total. The highest BCUT2D eigenvalue weighted by atomic mass is 79.9. The van der Waals surface area contributed by atoms with E-state index in [1.54, 1.807) is 0 Å². The maximum Gasteiger partial charge on any atom is 0.0701 e. The molecule has 1 saturated heterocycles. The normalized spacial score (nSPS) is 17.2. The van der Waals surface area contributed by atoms with E-state index in [1.807, 2.05) is 61.0 Å². The topological polar surface area (TPSA) is 68.1 Å². The van der Waals surface area contributed by atoms with E-state index in [1.165, 1.54) is 11.1 Å². The fraction of sp³-hybridized carbons (Fsp3) is 0.350. The Hall–Kier alpha value is -3.06. The average molecular weight is 807 g/mol. The third-order valence-corrected chi connectivity index (χ3v) is 9.16. The molecule has 0 atom stereocenters. The average Bonchev–Trinajstić information content (AvgIpc) is 3.13. The number of rotatable bonds is 8. The number of halogens is 2. The van der Waals surface area contributed by atoms with Crippen molar-refractivity contribution in [2.75, 3.05) is 79.0 Å². The second-order valence-electron chi connectivity index (χ2n) is 12.0. The van der Waals surface area contributed by atoms with E-state index in [-0.39, 0.29) is 0 Å². The molecule has 0 saturated carbocycles. The summed E-state index contributed by atoms with van der Waals surface area (Å²) in [4.78, 5) is 13.9. The van der Waals surface area contributed by atoms with Crippen LogP contribution in [-0.4, -0.2) is 101 Å². The molecule has 0 unspecified atom stereocenters. The maximum atomic E-state index is 5.96. The summed E-state index contributed by atoms with van der Waals surface area (Å²) in [6.45, 7) is 9.75. The lowest BCUT2D eigenvalue weighted by Crippen LogP contribution is -2.32. The first kappa shape index (κ1) is 38.2. The Kier molecular flexibility index (Phi) is 16.8. The quantitative estimate of drug-likeness (QED) is 0.168. The monoisotopic (exact) mass is 804 g/mol. The Morgan fingerprint density at radius 3 is 1.08 bits per heavy atom. The summed E-state index contributed by atoms with van der Waals surface area (Å²) in [6, 6.07) is 33.0. The van der Waals surface area contributed by atoms with Gasteiger partial charge in [-0.2, -0.15) is 0 Å². The molecule has 264 valence electrons. The molecule has 0 N–H and O–H groups in total. The predicted molar refractivity (Wildman–Crippen MR) is 210 cm³/mol. The summed E-state index contributed by atoms with van der Waals surface area (Å²) in [6.07, 6.45) is 3.80. The molecular weight excluding hydrogens is 760 g/mol. The first-order chi connectivity index (χ1) is 24.6. The lowest BCUT2D eigenvalue weighted by atomic mass is 10.1. The number of ether oxygens (including phenoxy) is 4. The smallest absolute Gasteiger partial charge is 0.0701 e. The van der Waals surface area contributed by atoms with E-state index in [0.29, 0.717) is 52.9 Å². The van der Waals surface area contributed by atoms with E-state index in [9.17, 15) is 0 Å². The van der Waals surface area contributed by atoms with Gasteiger partial charge in [0.2, 0.25) is 0 Å². The van der Waals surface area contributed by atoms with Gasteiger partial charge in [0.15, 0.2) is 0 Å². The fourth-order valence-corrected chi connectivity index (χ4v) is 5.77. The van der Waals surface area contributed by atoms with Gasteiger partial charge < -0.3 is 18.9 Å². The summed E-state index contributed by atoms with van der Waals surface area (Å²) in [7, 11) is 0. The Morgan fingerprint density at radius 2 is 0.760 bits per heavy atom. The lowest BCUT2D eigenvalue weighted by molar-refractivity contribution is 0.00624. The van der Waals surface area contributed by atoms with Gasteiger partial charge in [-0.05, 0) is 70.8 Å². The van der Waals surface area contributed by atoms with Crippen LogP contribution in [0.1, 0.15) is 22.3 Å². The minimum absolute atomic E-state index is 0.573. The number of nitrogens with zero attached hydrogens (tertiary/aromatic N) is 4. The minimum atomic E-state index is 0.573. The lowest BCUT2D eigenvalue weighted by Gasteiger charge is -2.24. The third kappa shape index (κ3) is 14.7. The van der Waals surface area contributed by atoms with Crippen LogP contribution in [0.2, 0.25) is 0 Å². The molecule has 1 heterocycles. The molecule has 1 aliphatic rings. The molecule has 0 bridgehead atoms. The largest absolute Gasteiger partial charge is 0.378 e. The van der Waals surface area contributed by atoms with Crippen LogP contribution in [0.5, 0.6) is 0 Å². The summed E-state index contributed by atoms with van der Waals surface area (Å²) in [5, 5.41) is 0. The van der Waals surface area contributed by atoms with Crippen molar-refractivity contribution in [2.24, 2.45) is 9.98 Å². The summed E-state index contributed by atoms with van der Waals surface area (Å²) in [5.41, 5.74) is 6.47. The molecule has 0 aromatic heterocycles. The Morgan fingerprint density at radius 1 is 0.440 bits per heavy atom. The Labute approximate surface area is 313 Å². The van der Waals surface area contributed by atoms with Crippen molar-refractivity contribution in [1.82, 2.24) is 9.80 Å². The van der Waals surface area contributed by atoms with Gasteiger partial charge in [-0.1, -0.05) is 80.4 Å². The van der Waals surface area contributed by atoms with Crippen LogP contribution in [0, 0.1) is 0 Å². The number of hydrogen-bond acceptors (Lipinski definition) is 8. The summed E-state index contributed by atoms with van der Waals surface area (Å²) < 4.78 is 25.9. The van der Waals surface area contributed by atoms with Crippen molar-refractivity contribution in [3.8, 4) is 0 Å². The van der Waals surface area contributed by atoms with Gasteiger partial charge in [0.1, 0.15) is 0 Å². The number of benzene rings is 4. The van der Waals surface area contributed by atoms with Crippen molar-refractivity contribution < 1.29 is 18.9 Å². The third-order valence-electron chi connectivity index (χ3n) is 8.10. The van der Waals surface area contributed by atoms with Crippen LogP contribution in [0.15, 0.2) is 116 Å². The molecule has 1 aliphatic heterocycles. The van der Waals surface area contributed by atoms with Crippen molar-refractivity contribution >= 4 is 55.7 Å². The minimum Gasteiger partial charge on any atom is -0.378 e. The van der Waals surface area contributed by atoms with E-state index >= 15 is 0 Å². The van der Waals surface area contributed by atoms with Crippen LogP contribution in [0.25, 0.3) is 0 Å². The maximum absolute atomic E-state index is 5.96. The highest BCUT2D eigenvalue weighted by Crippen LogP contribution is 2.18. The van der Waals surface area contributed by atoms with Crippen molar-refractivity contribution in [3.63, 3.8) is 0 Å². The van der Waals surface area contributed by atoms with Crippen LogP contribution >= 0.6 is 31.9 Å². The van der Waals surface area contributed by atoms with Crippen LogP contribution < -0.4 is 0 Å². The SMILES string of the molecule is Brc1ccc(N=Cc2ccc(CN3CCOCCOCCN(Cc4ccc(C=Nc5ccc(Br)cc5)cc4)CCOCCOCC3)cc2)cc1. The van der Waals surface area contributed by atoms with Gasteiger partial charge in [0, 0.05) is 60.6 Å². The Balaban J connectivity index is 1.04. The van der Waals surface area contributed by atoms with Gasteiger partial charge in [-0.15, -0.1) is 0 Å². The van der Waals surface area contributed by atoms with Crippen LogP contribution in [0.4, 0.5) is 11.4 Å². The molecule has 0 spiro atoms. The van der Waals surface area contributed by atoms with E-state index in [4.69, 9.17) is 18.9 Å². The van der Waals surface area contributed by atoms with E-state index < -0.39 is 0 Å². The number of hydrogen-bond donors (Lipinski definition) is 0. The molecule has 0 aliphatic carbocycles. The summed E-state index contributed by atoms with van der Waals surface area (Å²) >= 11 is 6.93. The van der Waals surface area contributed by atoms with Crippen molar-refractivity contribution in [2.45, 2.75) is 13.1 Å². The second-order valence-corrected chi connectivity index (χ2v) is 13.8. The van der Waals surface area contributed by atoms with E-state index in [2.05, 4.69) is 100 Å². The molecule has 4 aromatic carbocycles. The van der Waals surface area contributed by atoms with Gasteiger partial charge >= 0.3 is 0 Å². The first-order valence-corrected chi connectivity index (χ1v) is 18.7. The van der Waals surface area contributed by atoms with Crippen molar-refractivity contribution in [3.05, 3.63) is 128 Å². The van der Waals surface area contributed by atoms with Gasteiger partial charge in [0.25, 0.3) is 0 Å². The molecule has 10 heteroatoms. The first-order valence-electron chi connectivity index (χ1n) is 17.1. The van der Waals surface area contributed by atoms with Gasteiger partial charge in [-0.3, -0.25) is 19.8 Å². The van der Waals surface area contributed by atoms with Gasteiger partial charge in [-0.25, -0.2) is 0 Å². The summed E-state index contributed by atoms with van der Waals surface area (Å²) in [5.74, 6) is 0. The molecular formula is C40H46Br2N4O4.